The van der Waals surface area contributed by atoms with Gasteiger partial charge < -0.3 is 19.4 Å². The van der Waals surface area contributed by atoms with E-state index in [-0.39, 0.29) is 6.09 Å². The van der Waals surface area contributed by atoms with Crippen LogP contribution in [-0.4, -0.2) is 85.8 Å². The molecule has 220 valence electrons. The number of benzene rings is 1. The van der Waals surface area contributed by atoms with Gasteiger partial charge in [-0.3, -0.25) is 9.88 Å². The average molecular weight is 570 g/mol. The third kappa shape index (κ3) is 6.94. The number of carbonyl (C=O) groups is 1. The summed E-state index contributed by atoms with van der Waals surface area (Å²) in [6.45, 7) is 11.0. The Labute approximate surface area is 246 Å². The van der Waals surface area contributed by atoms with Crippen molar-refractivity contribution in [3.63, 3.8) is 0 Å². The van der Waals surface area contributed by atoms with Crippen molar-refractivity contribution in [2.45, 2.75) is 58.1 Å². The Bertz CT molecular complexity index is 1530. The lowest BCUT2D eigenvalue weighted by Crippen LogP contribution is -2.49. The monoisotopic (exact) mass is 569 g/mol. The molecule has 1 N–H and O–H groups in total. The fraction of sp³-hybridized carbons (Fsp3) is 0.469. The first-order valence-electron chi connectivity index (χ1n) is 14.8. The Morgan fingerprint density at radius 3 is 2.62 bits per heavy atom. The van der Waals surface area contributed by atoms with Gasteiger partial charge in [0.05, 0.1) is 16.7 Å². The van der Waals surface area contributed by atoms with Crippen LogP contribution in [0.25, 0.3) is 22.3 Å². The van der Waals surface area contributed by atoms with Gasteiger partial charge >= 0.3 is 6.09 Å². The summed E-state index contributed by atoms with van der Waals surface area (Å²) in [5, 5.41) is 0. The van der Waals surface area contributed by atoms with Gasteiger partial charge in [0, 0.05) is 81.4 Å². The number of imidazole rings is 1. The highest BCUT2D eigenvalue weighted by Crippen LogP contribution is 2.29. The first-order chi connectivity index (χ1) is 20.3. The van der Waals surface area contributed by atoms with Crippen molar-refractivity contribution >= 4 is 17.1 Å². The van der Waals surface area contributed by atoms with Crippen LogP contribution in [0.2, 0.25) is 0 Å². The third-order valence-corrected chi connectivity index (χ3v) is 7.81. The molecule has 0 atom stereocenters. The molecule has 0 spiro atoms. The quantitative estimate of drug-likeness (QED) is 0.347. The molecule has 2 fully saturated rings. The van der Waals surface area contributed by atoms with Gasteiger partial charge in [0.1, 0.15) is 17.8 Å². The Hall–Kier alpha value is -3.89. The highest BCUT2D eigenvalue weighted by molar-refractivity contribution is 5.81. The van der Waals surface area contributed by atoms with E-state index in [2.05, 4.69) is 55.2 Å². The van der Waals surface area contributed by atoms with Crippen molar-refractivity contribution in [3.05, 3.63) is 71.7 Å². The van der Waals surface area contributed by atoms with Crippen LogP contribution in [0, 0.1) is 0 Å². The predicted octanol–water partition coefficient (Wildman–Crippen LogP) is 4.95. The minimum Gasteiger partial charge on any atom is -0.444 e. The minimum atomic E-state index is -0.477. The van der Waals surface area contributed by atoms with Gasteiger partial charge in [0.15, 0.2) is 0 Å². The van der Waals surface area contributed by atoms with E-state index in [9.17, 15) is 4.79 Å². The fourth-order valence-electron chi connectivity index (χ4n) is 5.62. The van der Waals surface area contributed by atoms with Gasteiger partial charge in [-0.1, -0.05) is 6.07 Å². The molecule has 0 radical (unpaired) electrons. The van der Waals surface area contributed by atoms with Crippen molar-refractivity contribution in [1.29, 1.82) is 0 Å². The molecular weight excluding hydrogens is 530 g/mol. The summed E-state index contributed by atoms with van der Waals surface area (Å²) in [6.07, 6.45) is 5.92. The zero-order chi connectivity index (χ0) is 29.1. The highest BCUT2D eigenvalue weighted by atomic mass is 16.6. The van der Waals surface area contributed by atoms with Crippen LogP contribution < -0.4 is 0 Å². The number of ether oxygens (including phenoxy) is 2. The van der Waals surface area contributed by atoms with Gasteiger partial charge in [-0.15, -0.1) is 0 Å². The number of fused-ring (bicyclic) bond motifs is 1. The van der Waals surface area contributed by atoms with Gasteiger partial charge in [-0.25, -0.2) is 19.7 Å². The van der Waals surface area contributed by atoms with E-state index in [4.69, 9.17) is 14.5 Å². The van der Waals surface area contributed by atoms with E-state index in [0.717, 1.165) is 85.2 Å². The van der Waals surface area contributed by atoms with Crippen LogP contribution in [0.1, 0.15) is 62.3 Å². The molecule has 3 aromatic heterocycles. The predicted molar refractivity (Wildman–Crippen MR) is 160 cm³/mol. The van der Waals surface area contributed by atoms with E-state index in [1.54, 1.807) is 11.2 Å². The lowest BCUT2D eigenvalue weighted by molar-refractivity contribution is 0.0139. The maximum absolute atomic E-state index is 12.4. The number of hydrogen-bond acceptors (Lipinski definition) is 8. The summed E-state index contributed by atoms with van der Waals surface area (Å²) in [4.78, 5) is 38.6. The number of pyridine rings is 1. The highest BCUT2D eigenvalue weighted by Gasteiger charge is 2.26. The largest absolute Gasteiger partial charge is 0.444 e. The molecule has 4 aromatic rings. The number of rotatable bonds is 6. The Morgan fingerprint density at radius 1 is 1.02 bits per heavy atom. The van der Waals surface area contributed by atoms with Gasteiger partial charge in [-0.05, 0) is 69.5 Å². The second-order valence-corrected chi connectivity index (χ2v) is 12.2. The van der Waals surface area contributed by atoms with Crippen LogP contribution in [0.5, 0.6) is 0 Å². The van der Waals surface area contributed by atoms with Crippen molar-refractivity contribution in [2.24, 2.45) is 0 Å². The number of hydrogen-bond donors (Lipinski definition) is 1. The SMILES string of the molecule is CC(C)(C)OC(=O)N1CCN(Cc2ccnc(Cc3nc4ccc(-c5cc(C6CCOCC6)ncn5)cc4[nH]3)c2)CC1. The molecule has 2 saturated heterocycles. The number of nitrogens with one attached hydrogen (secondary N) is 1. The average Bonchev–Trinajstić information content (AvgIpc) is 3.39. The summed E-state index contributed by atoms with van der Waals surface area (Å²) in [7, 11) is 0. The first kappa shape index (κ1) is 28.2. The number of nitrogens with zero attached hydrogens (tertiary/aromatic N) is 6. The molecule has 0 bridgehead atoms. The van der Waals surface area contributed by atoms with Gasteiger partial charge in [0.2, 0.25) is 0 Å². The smallest absolute Gasteiger partial charge is 0.410 e. The van der Waals surface area contributed by atoms with E-state index in [1.807, 2.05) is 33.0 Å². The second-order valence-electron chi connectivity index (χ2n) is 12.2. The zero-order valence-corrected chi connectivity index (χ0v) is 24.7. The van der Waals surface area contributed by atoms with E-state index < -0.39 is 5.60 Å². The number of carbonyl (C=O) groups excluding carboxylic acids is 1. The van der Waals surface area contributed by atoms with Crippen molar-refractivity contribution in [1.82, 2.24) is 34.7 Å². The van der Waals surface area contributed by atoms with E-state index in [1.165, 1.54) is 5.56 Å². The summed E-state index contributed by atoms with van der Waals surface area (Å²) < 4.78 is 11.0. The molecule has 10 nitrogen and oxygen atoms in total. The molecule has 10 heteroatoms. The van der Waals surface area contributed by atoms with Crippen LogP contribution in [0.3, 0.4) is 0 Å². The molecule has 0 saturated carbocycles. The maximum Gasteiger partial charge on any atom is 0.410 e. The molecular formula is C32H39N7O3. The van der Waals surface area contributed by atoms with Gasteiger partial charge in [-0.2, -0.15) is 0 Å². The second kappa shape index (κ2) is 12.1. The molecule has 1 aromatic carbocycles. The molecule has 42 heavy (non-hydrogen) atoms. The first-order valence-corrected chi connectivity index (χ1v) is 14.8. The van der Waals surface area contributed by atoms with Gasteiger partial charge in [0.25, 0.3) is 0 Å². The van der Waals surface area contributed by atoms with Crippen molar-refractivity contribution in [2.75, 3.05) is 39.4 Å². The molecule has 2 aliphatic rings. The third-order valence-electron chi connectivity index (χ3n) is 7.81. The maximum atomic E-state index is 12.4. The molecule has 0 aliphatic carbocycles. The number of aromatic nitrogens is 5. The van der Waals surface area contributed by atoms with Crippen molar-refractivity contribution < 1.29 is 14.3 Å². The molecule has 0 unspecified atom stereocenters. The standard InChI is InChI=1S/C32H39N7O3/c1-32(2,3)42-31(40)39-12-10-38(11-13-39)20-22-6-9-33-25(16-22)18-30-36-26-5-4-24(17-29(26)37-30)28-19-27(34-21-35-28)23-7-14-41-15-8-23/h4-6,9,16-17,19,21,23H,7-8,10-15,18,20H2,1-3H3,(H,36,37). The summed E-state index contributed by atoms with van der Waals surface area (Å²) in [6, 6.07) is 12.6. The van der Waals surface area contributed by atoms with Crippen LogP contribution >= 0.6 is 0 Å². The van der Waals surface area contributed by atoms with E-state index >= 15 is 0 Å². The molecule has 5 heterocycles. The summed E-state index contributed by atoms with van der Waals surface area (Å²) >= 11 is 0. The van der Waals surface area contributed by atoms with Crippen LogP contribution in [0.4, 0.5) is 4.79 Å². The number of piperazine rings is 1. The number of H-pyrrole nitrogens is 1. The Balaban J connectivity index is 1.09. The Morgan fingerprint density at radius 2 is 1.83 bits per heavy atom. The summed E-state index contributed by atoms with van der Waals surface area (Å²) in [5.41, 5.74) is 6.65. The summed E-state index contributed by atoms with van der Waals surface area (Å²) in [5.74, 6) is 1.30. The zero-order valence-electron chi connectivity index (χ0n) is 24.7. The molecule has 2 aliphatic heterocycles. The molecule has 6 rings (SSSR count). The molecule has 1 amide bonds. The lowest BCUT2D eigenvalue weighted by atomic mass is 9.95. The minimum absolute atomic E-state index is 0.233. The lowest BCUT2D eigenvalue weighted by Gasteiger charge is -2.35. The number of aromatic amines is 1. The number of amides is 1. The van der Waals surface area contributed by atoms with Crippen LogP contribution in [0.15, 0.2) is 48.9 Å². The van der Waals surface area contributed by atoms with E-state index in [0.29, 0.717) is 25.4 Å². The Kier molecular flexibility index (Phi) is 8.17. The topological polar surface area (TPSA) is 109 Å². The van der Waals surface area contributed by atoms with Crippen molar-refractivity contribution in [3.8, 4) is 11.3 Å². The fourth-order valence-corrected chi connectivity index (χ4v) is 5.62. The normalized spacial score (nSPS) is 17.1. The van der Waals surface area contributed by atoms with Crippen LogP contribution in [-0.2, 0) is 22.4 Å².